The zero-order valence-electron chi connectivity index (χ0n) is 14.0. The van der Waals surface area contributed by atoms with Crippen LogP contribution in [0.15, 0.2) is 6.07 Å². The lowest BCUT2D eigenvalue weighted by atomic mass is 9.95. The van der Waals surface area contributed by atoms with E-state index in [0.717, 1.165) is 46.5 Å². The van der Waals surface area contributed by atoms with Crippen molar-refractivity contribution in [2.75, 3.05) is 13.1 Å². The molecule has 2 amide bonds. The molecule has 1 saturated carbocycles. The summed E-state index contributed by atoms with van der Waals surface area (Å²) in [5.74, 6) is 0.313. The van der Waals surface area contributed by atoms with Crippen LogP contribution in [0.2, 0.25) is 0 Å². The Bertz CT molecular complexity index is 762. The highest BCUT2D eigenvalue weighted by Gasteiger charge is 2.31. The van der Waals surface area contributed by atoms with Gasteiger partial charge in [-0.1, -0.05) is 0 Å². The van der Waals surface area contributed by atoms with E-state index in [9.17, 15) is 9.59 Å². The Morgan fingerprint density at radius 3 is 2.58 bits per heavy atom. The van der Waals surface area contributed by atoms with Crippen LogP contribution in [0.5, 0.6) is 0 Å². The van der Waals surface area contributed by atoms with Gasteiger partial charge in [0.2, 0.25) is 5.91 Å². The van der Waals surface area contributed by atoms with E-state index in [1.807, 2.05) is 29.6 Å². The molecule has 1 saturated heterocycles. The fraction of sp³-hybridized carbons (Fsp3) is 0.588. The lowest BCUT2D eigenvalue weighted by Crippen LogP contribution is -2.43. The first-order chi connectivity index (χ1) is 11.5. The molecule has 1 N–H and O–H groups in total. The van der Waals surface area contributed by atoms with Crippen LogP contribution in [-0.2, 0) is 11.8 Å². The van der Waals surface area contributed by atoms with Crippen molar-refractivity contribution in [3.63, 3.8) is 0 Å². The molecule has 2 aromatic heterocycles. The van der Waals surface area contributed by atoms with Gasteiger partial charge < -0.3 is 10.2 Å². The van der Waals surface area contributed by atoms with Gasteiger partial charge in [0.05, 0.1) is 10.6 Å². The van der Waals surface area contributed by atoms with Crippen LogP contribution in [-0.4, -0.2) is 45.6 Å². The average molecular weight is 346 g/mol. The number of carbonyl (C=O) groups is 2. The molecule has 0 bridgehead atoms. The minimum absolute atomic E-state index is 0.0588. The largest absolute Gasteiger partial charge is 0.353 e. The Labute approximate surface area is 144 Å². The number of hydrogen-bond donors (Lipinski definition) is 1. The zero-order chi connectivity index (χ0) is 16.8. The molecule has 24 heavy (non-hydrogen) atoms. The number of nitrogens with zero attached hydrogens (tertiary/aromatic N) is 3. The number of hydrogen-bond acceptors (Lipinski definition) is 4. The summed E-state index contributed by atoms with van der Waals surface area (Å²) in [5, 5.41) is 8.51. The highest BCUT2D eigenvalue weighted by molar-refractivity contribution is 7.20. The number of likely N-dealkylation sites (tertiary alicyclic amines) is 1. The first-order valence-electron chi connectivity index (χ1n) is 8.55. The van der Waals surface area contributed by atoms with E-state index in [0.29, 0.717) is 19.1 Å². The molecular weight excluding hydrogens is 324 g/mol. The van der Waals surface area contributed by atoms with Crippen molar-refractivity contribution in [3.8, 4) is 0 Å². The monoisotopic (exact) mass is 346 g/mol. The summed E-state index contributed by atoms with van der Waals surface area (Å²) >= 11 is 1.50. The number of thiophene rings is 1. The second-order valence-electron chi connectivity index (χ2n) is 6.89. The maximum Gasteiger partial charge on any atom is 0.264 e. The van der Waals surface area contributed by atoms with Crippen LogP contribution in [0.25, 0.3) is 10.2 Å². The predicted octanol–water partition coefficient (Wildman–Crippen LogP) is 2.07. The van der Waals surface area contributed by atoms with Gasteiger partial charge in [0, 0.05) is 37.5 Å². The molecule has 0 unspecified atom stereocenters. The van der Waals surface area contributed by atoms with Crippen molar-refractivity contribution in [2.24, 2.45) is 13.0 Å². The summed E-state index contributed by atoms with van der Waals surface area (Å²) in [6.07, 6.45) is 3.75. The third kappa shape index (κ3) is 2.81. The van der Waals surface area contributed by atoms with E-state index < -0.39 is 0 Å². The average Bonchev–Trinajstić information content (AvgIpc) is 3.20. The van der Waals surface area contributed by atoms with Gasteiger partial charge in [0.15, 0.2) is 0 Å². The maximum atomic E-state index is 12.8. The molecule has 128 valence electrons. The lowest BCUT2D eigenvalue weighted by molar-refractivity contribution is -0.126. The molecule has 2 aromatic rings. The highest BCUT2D eigenvalue weighted by atomic mass is 32.1. The zero-order valence-corrected chi connectivity index (χ0v) is 14.9. The Hall–Kier alpha value is -1.89. The van der Waals surface area contributed by atoms with Gasteiger partial charge >= 0.3 is 0 Å². The number of piperidine rings is 1. The van der Waals surface area contributed by atoms with Gasteiger partial charge in [-0.3, -0.25) is 14.3 Å². The molecule has 0 atom stereocenters. The quantitative estimate of drug-likeness (QED) is 0.925. The molecular formula is C17H22N4O2S. The maximum absolute atomic E-state index is 12.8. The third-order valence-corrected chi connectivity index (χ3v) is 6.17. The molecule has 6 nitrogen and oxygen atoms in total. The molecule has 7 heteroatoms. The van der Waals surface area contributed by atoms with Crippen molar-refractivity contribution < 1.29 is 9.59 Å². The van der Waals surface area contributed by atoms with Crippen molar-refractivity contribution in [1.82, 2.24) is 20.0 Å². The van der Waals surface area contributed by atoms with Gasteiger partial charge in [-0.2, -0.15) is 5.10 Å². The van der Waals surface area contributed by atoms with Crippen LogP contribution in [0, 0.1) is 12.8 Å². The number of rotatable bonds is 3. The van der Waals surface area contributed by atoms with Crippen LogP contribution in [0.3, 0.4) is 0 Å². The van der Waals surface area contributed by atoms with Gasteiger partial charge in [-0.15, -0.1) is 11.3 Å². The molecule has 2 aliphatic rings. The Balaban J connectivity index is 1.41. The van der Waals surface area contributed by atoms with Crippen molar-refractivity contribution in [2.45, 2.75) is 38.6 Å². The number of fused-ring (bicyclic) bond motifs is 1. The third-order valence-electron chi connectivity index (χ3n) is 4.98. The van der Waals surface area contributed by atoms with Crippen molar-refractivity contribution in [1.29, 1.82) is 0 Å². The highest BCUT2D eigenvalue weighted by Crippen LogP contribution is 2.30. The SMILES string of the molecule is Cc1nn(C)c2sc(C(=O)N3CCC(C(=O)NC4CC4)CC3)cc12. The fourth-order valence-electron chi connectivity index (χ4n) is 3.36. The van der Waals surface area contributed by atoms with E-state index in [4.69, 9.17) is 0 Å². The minimum atomic E-state index is 0.0588. The molecule has 0 aromatic carbocycles. The van der Waals surface area contributed by atoms with Crippen LogP contribution >= 0.6 is 11.3 Å². The number of amides is 2. The van der Waals surface area contributed by atoms with Gasteiger partial charge in [-0.25, -0.2) is 0 Å². The molecule has 2 fully saturated rings. The summed E-state index contributed by atoms with van der Waals surface area (Å²) in [5.41, 5.74) is 0.957. The Morgan fingerprint density at radius 2 is 1.96 bits per heavy atom. The van der Waals surface area contributed by atoms with Crippen LogP contribution in [0.4, 0.5) is 0 Å². The van der Waals surface area contributed by atoms with Gasteiger partial charge in [0.25, 0.3) is 5.91 Å². The molecule has 1 aliphatic heterocycles. The van der Waals surface area contributed by atoms with E-state index in [1.54, 1.807) is 0 Å². The van der Waals surface area contributed by atoms with Crippen LogP contribution in [0.1, 0.15) is 41.0 Å². The summed E-state index contributed by atoms with van der Waals surface area (Å²) in [6, 6.07) is 2.36. The number of carbonyl (C=O) groups excluding carboxylic acids is 2. The number of nitrogens with one attached hydrogen (secondary N) is 1. The lowest BCUT2D eigenvalue weighted by Gasteiger charge is -2.31. The summed E-state index contributed by atoms with van der Waals surface area (Å²) < 4.78 is 1.83. The summed E-state index contributed by atoms with van der Waals surface area (Å²) in [6.45, 7) is 3.29. The van der Waals surface area contributed by atoms with Crippen molar-refractivity contribution in [3.05, 3.63) is 16.6 Å². The normalized spacial score (nSPS) is 19.0. The standard InChI is InChI=1S/C17H22N4O2S/c1-10-13-9-14(24-17(13)20(2)19-10)16(23)21-7-5-11(6-8-21)15(22)18-12-3-4-12/h9,11-12H,3-8H2,1-2H3,(H,18,22). The predicted molar refractivity (Wildman–Crippen MR) is 93.1 cm³/mol. The molecule has 1 aliphatic carbocycles. The minimum Gasteiger partial charge on any atom is -0.353 e. The topological polar surface area (TPSA) is 67.2 Å². The Morgan fingerprint density at radius 1 is 1.25 bits per heavy atom. The van der Waals surface area contributed by atoms with Gasteiger partial charge in [0.1, 0.15) is 4.83 Å². The Kier molecular flexibility index (Phi) is 3.83. The molecule has 3 heterocycles. The number of aromatic nitrogens is 2. The molecule has 0 spiro atoms. The van der Waals surface area contributed by atoms with E-state index >= 15 is 0 Å². The van der Waals surface area contributed by atoms with E-state index in [-0.39, 0.29) is 17.7 Å². The molecule has 0 radical (unpaired) electrons. The summed E-state index contributed by atoms with van der Waals surface area (Å²) in [7, 11) is 1.91. The van der Waals surface area contributed by atoms with E-state index in [2.05, 4.69) is 10.4 Å². The first kappa shape index (κ1) is 15.6. The first-order valence-corrected chi connectivity index (χ1v) is 9.37. The van der Waals surface area contributed by atoms with E-state index in [1.165, 1.54) is 11.3 Å². The smallest absolute Gasteiger partial charge is 0.264 e. The van der Waals surface area contributed by atoms with Gasteiger partial charge in [-0.05, 0) is 38.7 Å². The number of aryl methyl sites for hydroxylation is 2. The summed E-state index contributed by atoms with van der Waals surface area (Å²) in [4.78, 5) is 28.6. The van der Waals surface area contributed by atoms with Crippen LogP contribution < -0.4 is 5.32 Å². The van der Waals surface area contributed by atoms with Crippen molar-refractivity contribution >= 4 is 33.4 Å². The molecule has 4 rings (SSSR count). The second-order valence-corrected chi connectivity index (χ2v) is 7.92. The fourth-order valence-corrected chi connectivity index (χ4v) is 4.45. The second kappa shape index (κ2) is 5.88.